The molecule has 0 unspecified atom stereocenters. The number of methoxy groups -OCH3 is 1. The summed E-state index contributed by atoms with van der Waals surface area (Å²) in [5.41, 5.74) is 3.02. The van der Waals surface area contributed by atoms with Crippen molar-refractivity contribution in [1.29, 1.82) is 0 Å². The van der Waals surface area contributed by atoms with Crippen LogP contribution in [0.15, 0.2) is 42.7 Å². The van der Waals surface area contributed by atoms with Crippen LogP contribution in [0, 0.1) is 6.92 Å². The summed E-state index contributed by atoms with van der Waals surface area (Å²) >= 11 is 0. The van der Waals surface area contributed by atoms with E-state index in [0.717, 1.165) is 11.3 Å². The molecule has 0 radical (unpaired) electrons. The van der Waals surface area contributed by atoms with E-state index in [9.17, 15) is 4.79 Å². The fourth-order valence-electron chi connectivity index (χ4n) is 1.57. The maximum absolute atomic E-state index is 11.0. The summed E-state index contributed by atoms with van der Waals surface area (Å²) < 4.78 is 6.29. The van der Waals surface area contributed by atoms with Crippen molar-refractivity contribution in [2.75, 3.05) is 7.11 Å². The molecule has 1 heterocycles. The quantitative estimate of drug-likeness (QED) is 0.613. The molecule has 0 amide bonds. The van der Waals surface area contributed by atoms with Gasteiger partial charge in [-0.3, -0.25) is 0 Å². The van der Waals surface area contributed by atoms with Gasteiger partial charge in [0.2, 0.25) is 0 Å². The van der Waals surface area contributed by atoms with Crippen LogP contribution in [0.25, 0.3) is 11.8 Å². The van der Waals surface area contributed by atoms with Crippen LogP contribution in [0.4, 0.5) is 0 Å². The van der Waals surface area contributed by atoms with Crippen molar-refractivity contribution < 1.29 is 9.53 Å². The summed E-state index contributed by atoms with van der Waals surface area (Å²) in [4.78, 5) is 11.0. The van der Waals surface area contributed by atoms with Gasteiger partial charge in [0.25, 0.3) is 0 Å². The van der Waals surface area contributed by atoms with E-state index >= 15 is 0 Å². The van der Waals surface area contributed by atoms with Gasteiger partial charge in [0.15, 0.2) is 0 Å². The average molecular weight is 242 g/mol. The third kappa shape index (κ3) is 2.85. The number of carbonyl (C=O) groups is 1. The second kappa shape index (κ2) is 5.31. The first kappa shape index (κ1) is 12.1. The molecule has 2 rings (SSSR count). The number of nitrogens with zero attached hydrogens (tertiary/aromatic N) is 2. The highest BCUT2D eigenvalue weighted by Gasteiger charge is 1.99. The molecule has 0 bridgehead atoms. The molecule has 1 aromatic carbocycles. The molecule has 0 aliphatic heterocycles. The van der Waals surface area contributed by atoms with Crippen LogP contribution in [0.3, 0.4) is 0 Å². The zero-order chi connectivity index (χ0) is 13.0. The smallest absolute Gasteiger partial charge is 0.330 e. The number of carbonyl (C=O) groups excluding carboxylic acids is 1. The number of aromatic nitrogens is 2. The normalized spacial score (nSPS) is 10.8. The fraction of sp³-hybridized carbons (Fsp3) is 0.143. The lowest BCUT2D eigenvalue weighted by Gasteiger charge is -2.01. The Labute approximate surface area is 106 Å². The van der Waals surface area contributed by atoms with Crippen LogP contribution in [0.2, 0.25) is 0 Å². The third-order valence-corrected chi connectivity index (χ3v) is 2.48. The second-order valence-electron chi connectivity index (χ2n) is 3.91. The lowest BCUT2D eigenvalue weighted by molar-refractivity contribution is -0.134. The Hall–Kier alpha value is -2.36. The number of benzene rings is 1. The zero-order valence-corrected chi connectivity index (χ0v) is 10.3. The van der Waals surface area contributed by atoms with Crippen LogP contribution in [-0.2, 0) is 9.53 Å². The van der Waals surface area contributed by atoms with Gasteiger partial charge in [0.1, 0.15) is 0 Å². The molecule has 2 aromatic rings. The number of rotatable bonds is 3. The highest BCUT2D eigenvalue weighted by molar-refractivity contribution is 5.86. The van der Waals surface area contributed by atoms with Gasteiger partial charge in [0, 0.05) is 17.8 Å². The molecule has 0 aliphatic carbocycles. The van der Waals surface area contributed by atoms with Crippen molar-refractivity contribution in [1.82, 2.24) is 9.78 Å². The van der Waals surface area contributed by atoms with Crippen LogP contribution in [0.5, 0.6) is 0 Å². The maximum Gasteiger partial charge on any atom is 0.330 e. The molecular weight excluding hydrogens is 228 g/mol. The van der Waals surface area contributed by atoms with E-state index in [-0.39, 0.29) is 5.97 Å². The molecule has 0 saturated carbocycles. The minimum atomic E-state index is -0.377. The summed E-state index contributed by atoms with van der Waals surface area (Å²) in [6.45, 7) is 2.03. The number of hydrogen-bond donors (Lipinski definition) is 0. The summed E-state index contributed by atoms with van der Waals surface area (Å²) in [6.07, 6.45) is 6.60. The Kier molecular flexibility index (Phi) is 3.57. The number of hydrogen-bond acceptors (Lipinski definition) is 3. The summed E-state index contributed by atoms with van der Waals surface area (Å²) in [5.74, 6) is -0.377. The van der Waals surface area contributed by atoms with Crippen LogP contribution >= 0.6 is 0 Å². The average Bonchev–Trinajstić information content (AvgIpc) is 2.84. The molecule has 0 N–H and O–H groups in total. The SMILES string of the molecule is COC(=O)C=Cc1cnn(-c2cccc(C)c2)c1. The van der Waals surface area contributed by atoms with Crippen LogP contribution in [0.1, 0.15) is 11.1 Å². The summed E-state index contributed by atoms with van der Waals surface area (Å²) in [5, 5.41) is 4.24. The number of esters is 1. The molecular formula is C14H14N2O2. The Morgan fingerprint density at radius 3 is 3.00 bits per heavy atom. The minimum absolute atomic E-state index is 0.377. The van der Waals surface area contributed by atoms with E-state index in [4.69, 9.17) is 0 Å². The molecule has 4 nitrogen and oxygen atoms in total. The van der Waals surface area contributed by atoms with Crippen molar-refractivity contribution in [3.63, 3.8) is 0 Å². The van der Waals surface area contributed by atoms with Crippen LogP contribution in [-0.4, -0.2) is 22.9 Å². The number of aryl methyl sites for hydroxylation is 1. The molecule has 0 aliphatic rings. The Morgan fingerprint density at radius 2 is 2.28 bits per heavy atom. The topological polar surface area (TPSA) is 44.1 Å². The van der Waals surface area contributed by atoms with Crippen molar-refractivity contribution in [3.8, 4) is 5.69 Å². The third-order valence-electron chi connectivity index (χ3n) is 2.48. The van der Waals surface area contributed by atoms with E-state index in [1.165, 1.54) is 18.7 Å². The van der Waals surface area contributed by atoms with Crippen molar-refractivity contribution >= 4 is 12.0 Å². The molecule has 4 heteroatoms. The standard InChI is InChI=1S/C14H14N2O2/c1-11-4-3-5-13(8-11)16-10-12(9-15-16)6-7-14(17)18-2/h3-10H,1-2H3. The monoisotopic (exact) mass is 242 g/mol. The molecule has 1 aromatic heterocycles. The summed E-state index contributed by atoms with van der Waals surface area (Å²) in [6, 6.07) is 8.04. The zero-order valence-electron chi connectivity index (χ0n) is 10.3. The van der Waals surface area contributed by atoms with Crippen molar-refractivity contribution in [3.05, 3.63) is 53.9 Å². The van der Waals surface area contributed by atoms with Gasteiger partial charge in [-0.05, 0) is 30.7 Å². The Bertz CT molecular complexity index is 585. The van der Waals surface area contributed by atoms with Gasteiger partial charge in [-0.2, -0.15) is 5.10 Å². The molecule has 0 saturated heterocycles. The molecule has 92 valence electrons. The highest BCUT2D eigenvalue weighted by atomic mass is 16.5. The van der Waals surface area contributed by atoms with Gasteiger partial charge in [-0.15, -0.1) is 0 Å². The lowest BCUT2D eigenvalue weighted by atomic mass is 10.2. The Morgan fingerprint density at radius 1 is 1.44 bits per heavy atom. The van der Waals surface area contributed by atoms with Crippen molar-refractivity contribution in [2.45, 2.75) is 6.92 Å². The first-order valence-corrected chi connectivity index (χ1v) is 5.57. The van der Waals surface area contributed by atoms with E-state index < -0.39 is 0 Å². The van der Waals surface area contributed by atoms with Gasteiger partial charge in [-0.25, -0.2) is 9.48 Å². The predicted octanol–water partition coefficient (Wildman–Crippen LogP) is 2.37. The van der Waals surface area contributed by atoms with E-state index in [2.05, 4.69) is 9.84 Å². The van der Waals surface area contributed by atoms with Crippen molar-refractivity contribution in [2.24, 2.45) is 0 Å². The fourth-order valence-corrected chi connectivity index (χ4v) is 1.57. The van der Waals surface area contributed by atoms with E-state index in [0.29, 0.717) is 0 Å². The number of ether oxygens (including phenoxy) is 1. The lowest BCUT2D eigenvalue weighted by Crippen LogP contribution is -1.94. The minimum Gasteiger partial charge on any atom is -0.466 e. The first-order valence-electron chi connectivity index (χ1n) is 5.57. The highest BCUT2D eigenvalue weighted by Crippen LogP contribution is 2.11. The second-order valence-corrected chi connectivity index (χ2v) is 3.91. The molecule has 18 heavy (non-hydrogen) atoms. The maximum atomic E-state index is 11.0. The van der Waals surface area contributed by atoms with Gasteiger partial charge in [-0.1, -0.05) is 12.1 Å². The van der Waals surface area contributed by atoms with Crippen LogP contribution < -0.4 is 0 Å². The van der Waals surface area contributed by atoms with Gasteiger partial charge in [0.05, 0.1) is 19.0 Å². The summed E-state index contributed by atoms with van der Waals surface area (Å²) in [7, 11) is 1.35. The van der Waals surface area contributed by atoms with Gasteiger partial charge >= 0.3 is 5.97 Å². The molecule has 0 spiro atoms. The van der Waals surface area contributed by atoms with Gasteiger partial charge < -0.3 is 4.74 Å². The van der Waals surface area contributed by atoms with E-state index in [1.54, 1.807) is 17.0 Å². The predicted molar refractivity (Wildman–Crippen MR) is 69.4 cm³/mol. The molecule has 0 fully saturated rings. The van der Waals surface area contributed by atoms with E-state index in [1.807, 2.05) is 37.4 Å². The Balaban J connectivity index is 2.20. The largest absolute Gasteiger partial charge is 0.466 e. The molecule has 0 atom stereocenters. The first-order chi connectivity index (χ1) is 8.69.